The second-order valence-electron chi connectivity index (χ2n) is 5.12. The summed E-state index contributed by atoms with van der Waals surface area (Å²) in [5, 5.41) is 13.3. The number of benzene rings is 1. The van der Waals surface area contributed by atoms with Crippen molar-refractivity contribution in [3.8, 4) is 16.5 Å². The summed E-state index contributed by atoms with van der Waals surface area (Å²) in [7, 11) is 0. The van der Waals surface area contributed by atoms with Crippen LogP contribution in [-0.4, -0.2) is 21.0 Å². The van der Waals surface area contributed by atoms with Crippen molar-refractivity contribution in [3.05, 3.63) is 58.7 Å². The van der Waals surface area contributed by atoms with E-state index in [9.17, 15) is 9.90 Å². The summed E-state index contributed by atoms with van der Waals surface area (Å²) in [4.78, 5) is 21.6. The van der Waals surface area contributed by atoms with Crippen LogP contribution in [0, 0.1) is 13.8 Å². The summed E-state index contributed by atoms with van der Waals surface area (Å²) < 4.78 is 0. The van der Waals surface area contributed by atoms with Crippen molar-refractivity contribution in [1.29, 1.82) is 0 Å². The Morgan fingerprint density at radius 1 is 1.22 bits per heavy atom. The molecular formula is C17H15N3O2S. The molecule has 3 rings (SSSR count). The largest absolute Gasteiger partial charge is 0.506 e. The van der Waals surface area contributed by atoms with Crippen molar-refractivity contribution in [2.45, 2.75) is 13.8 Å². The summed E-state index contributed by atoms with van der Waals surface area (Å²) in [6.07, 6.45) is 1.69. The zero-order valence-corrected chi connectivity index (χ0v) is 13.5. The normalized spacial score (nSPS) is 10.5. The number of carbonyl (C=O) groups excluding carboxylic acids is 1. The Morgan fingerprint density at radius 3 is 2.74 bits per heavy atom. The van der Waals surface area contributed by atoms with E-state index in [1.54, 1.807) is 25.3 Å². The number of anilines is 1. The van der Waals surface area contributed by atoms with Crippen molar-refractivity contribution in [3.63, 3.8) is 0 Å². The summed E-state index contributed by atoms with van der Waals surface area (Å²) in [6.45, 7) is 3.66. The van der Waals surface area contributed by atoms with Gasteiger partial charge in [-0.3, -0.25) is 9.78 Å². The van der Waals surface area contributed by atoms with Gasteiger partial charge in [0.2, 0.25) is 0 Å². The number of thiazole rings is 1. The Labute approximate surface area is 137 Å². The maximum absolute atomic E-state index is 12.4. The third kappa shape index (κ3) is 3.22. The zero-order valence-electron chi connectivity index (χ0n) is 12.7. The number of nitrogens with zero attached hydrogens (tertiary/aromatic N) is 2. The highest BCUT2D eigenvalue weighted by atomic mass is 32.1. The van der Waals surface area contributed by atoms with Gasteiger partial charge in [0.1, 0.15) is 15.6 Å². The van der Waals surface area contributed by atoms with Crippen molar-refractivity contribution >= 4 is 22.9 Å². The van der Waals surface area contributed by atoms with Crippen LogP contribution in [0.5, 0.6) is 5.75 Å². The van der Waals surface area contributed by atoms with Crippen LogP contribution in [0.3, 0.4) is 0 Å². The first-order valence-electron chi connectivity index (χ1n) is 7.04. The summed E-state index contributed by atoms with van der Waals surface area (Å²) in [6, 6.07) is 10.7. The van der Waals surface area contributed by atoms with Crippen LogP contribution >= 0.6 is 11.3 Å². The van der Waals surface area contributed by atoms with E-state index in [0.717, 1.165) is 11.3 Å². The molecule has 0 saturated carbocycles. The maximum Gasteiger partial charge on any atom is 0.267 e. The molecule has 0 aliphatic heterocycles. The molecule has 0 bridgehead atoms. The van der Waals surface area contributed by atoms with Crippen LogP contribution in [0.25, 0.3) is 10.7 Å². The average Bonchev–Trinajstić information content (AvgIpc) is 2.93. The van der Waals surface area contributed by atoms with Gasteiger partial charge in [-0.1, -0.05) is 12.1 Å². The van der Waals surface area contributed by atoms with Crippen LogP contribution in [0.15, 0.2) is 42.6 Å². The molecule has 0 radical (unpaired) electrons. The van der Waals surface area contributed by atoms with Crippen LogP contribution in [-0.2, 0) is 0 Å². The Bertz CT molecular complexity index is 860. The number of phenolic OH excluding ortho intramolecular Hbond substituents is 1. The van der Waals surface area contributed by atoms with E-state index in [-0.39, 0.29) is 11.7 Å². The van der Waals surface area contributed by atoms with Gasteiger partial charge >= 0.3 is 0 Å². The Hall–Kier alpha value is -2.73. The van der Waals surface area contributed by atoms with Gasteiger partial charge in [-0.05, 0) is 43.7 Å². The van der Waals surface area contributed by atoms with E-state index in [1.807, 2.05) is 31.2 Å². The lowest BCUT2D eigenvalue weighted by atomic mass is 10.2. The summed E-state index contributed by atoms with van der Waals surface area (Å²) in [5.74, 6) is -0.244. The standard InChI is InChI=1S/C17H15N3O2S/c1-10-6-7-12(14(21)9-10)20-16(22)15-11(2)19-17(23-15)13-5-3-4-8-18-13/h3-9,21H,1-2H3,(H,20,22). The number of aromatic hydroxyl groups is 1. The van der Waals surface area contributed by atoms with E-state index in [2.05, 4.69) is 15.3 Å². The van der Waals surface area contributed by atoms with E-state index >= 15 is 0 Å². The first-order chi connectivity index (χ1) is 11.0. The second kappa shape index (κ2) is 6.18. The fraction of sp³-hybridized carbons (Fsp3) is 0.118. The fourth-order valence-electron chi connectivity index (χ4n) is 2.13. The molecule has 1 aromatic carbocycles. The quantitative estimate of drug-likeness (QED) is 0.719. The minimum atomic E-state index is -0.290. The molecule has 23 heavy (non-hydrogen) atoms. The maximum atomic E-state index is 12.4. The number of aryl methyl sites for hydroxylation is 2. The van der Waals surface area contributed by atoms with Gasteiger partial charge in [0, 0.05) is 6.20 Å². The van der Waals surface area contributed by atoms with Crippen molar-refractivity contribution < 1.29 is 9.90 Å². The van der Waals surface area contributed by atoms with E-state index in [0.29, 0.717) is 21.3 Å². The molecule has 2 N–H and O–H groups in total. The molecule has 0 atom stereocenters. The number of phenols is 1. The Kier molecular flexibility index (Phi) is 4.08. The van der Waals surface area contributed by atoms with Crippen molar-refractivity contribution in [1.82, 2.24) is 9.97 Å². The highest BCUT2D eigenvalue weighted by molar-refractivity contribution is 7.17. The molecule has 1 amide bonds. The van der Waals surface area contributed by atoms with E-state index in [1.165, 1.54) is 11.3 Å². The highest BCUT2D eigenvalue weighted by Crippen LogP contribution is 2.29. The third-order valence-corrected chi connectivity index (χ3v) is 4.47. The Balaban J connectivity index is 1.87. The molecule has 0 unspecified atom stereocenters. The molecule has 3 aromatic rings. The number of hydrogen-bond acceptors (Lipinski definition) is 5. The van der Waals surface area contributed by atoms with Gasteiger partial charge in [-0.15, -0.1) is 11.3 Å². The molecule has 0 spiro atoms. The van der Waals surface area contributed by atoms with Crippen LogP contribution in [0.1, 0.15) is 20.9 Å². The Morgan fingerprint density at radius 2 is 2.04 bits per heavy atom. The topological polar surface area (TPSA) is 75.1 Å². The number of aromatic nitrogens is 2. The smallest absolute Gasteiger partial charge is 0.267 e. The number of carbonyl (C=O) groups is 1. The molecule has 0 aliphatic rings. The lowest BCUT2D eigenvalue weighted by Crippen LogP contribution is -2.11. The van der Waals surface area contributed by atoms with Gasteiger partial charge in [0.25, 0.3) is 5.91 Å². The predicted molar refractivity (Wildman–Crippen MR) is 90.9 cm³/mol. The lowest BCUT2D eigenvalue weighted by Gasteiger charge is -2.07. The first-order valence-corrected chi connectivity index (χ1v) is 7.86. The minimum Gasteiger partial charge on any atom is -0.506 e. The molecule has 2 heterocycles. The average molecular weight is 325 g/mol. The van der Waals surface area contributed by atoms with Gasteiger partial charge in [0.05, 0.1) is 17.1 Å². The highest BCUT2D eigenvalue weighted by Gasteiger charge is 2.17. The molecule has 6 heteroatoms. The second-order valence-corrected chi connectivity index (χ2v) is 6.12. The number of pyridine rings is 1. The third-order valence-electron chi connectivity index (χ3n) is 3.29. The minimum absolute atomic E-state index is 0.0467. The molecular weight excluding hydrogens is 310 g/mol. The zero-order chi connectivity index (χ0) is 16.4. The number of rotatable bonds is 3. The van der Waals surface area contributed by atoms with Gasteiger partial charge in [-0.25, -0.2) is 4.98 Å². The van der Waals surface area contributed by atoms with Crippen LogP contribution in [0.2, 0.25) is 0 Å². The molecule has 0 aliphatic carbocycles. The predicted octanol–water partition coefficient (Wildman–Crippen LogP) is 3.78. The van der Waals surface area contributed by atoms with Crippen molar-refractivity contribution in [2.24, 2.45) is 0 Å². The molecule has 5 nitrogen and oxygen atoms in total. The SMILES string of the molecule is Cc1ccc(NC(=O)c2sc(-c3ccccn3)nc2C)c(O)c1. The number of hydrogen-bond donors (Lipinski definition) is 2. The monoisotopic (exact) mass is 325 g/mol. The van der Waals surface area contributed by atoms with Gasteiger partial charge in [0.15, 0.2) is 0 Å². The first kappa shape index (κ1) is 15.2. The summed E-state index contributed by atoms with van der Waals surface area (Å²) >= 11 is 1.28. The number of nitrogens with one attached hydrogen (secondary N) is 1. The van der Waals surface area contributed by atoms with E-state index in [4.69, 9.17) is 0 Å². The molecule has 0 fully saturated rings. The van der Waals surface area contributed by atoms with Crippen molar-refractivity contribution in [2.75, 3.05) is 5.32 Å². The fourth-order valence-corrected chi connectivity index (χ4v) is 3.07. The van der Waals surface area contributed by atoms with Gasteiger partial charge in [-0.2, -0.15) is 0 Å². The molecule has 0 saturated heterocycles. The summed E-state index contributed by atoms with van der Waals surface area (Å²) in [5.41, 5.74) is 2.68. The van der Waals surface area contributed by atoms with E-state index < -0.39 is 0 Å². The van der Waals surface area contributed by atoms with Crippen LogP contribution in [0.4, 0.5) is 5.69 Å². The van der Waals surface area contributed by atoms with Gasteiger partial charge < -0.3 is 10.4 Å². The lowest BCUT2D eigenvalue weighted by molar-refractivity contribution is 0.102. The number of amides is 1. The molecule has 2 aromatic heterocycles. The van der Waals surface area contributed by atoms with Crippen LogP contribution < -0.4 is 5.32 Å². The molecule has 116 valence electrons.